The van der Waals surface area contributed by atoms with E-state index >= 15 is 0 Å². The number of aromatic nitrogens is 2. The van der Waals surface area contributed by atoms with E-state index in [2.05, 4.69) is 15.3 Å². The molecule has 1 aromatic rings. The molecule has 0 unspecified atom stereocenters. The van der Waals surface area contributed by atoms with Crippen molar-refractivity contribution in [3.8, 4) is 5.88 Å². The zero-order valence-corrected chi connectivity index (χ0v) is 11.0. The lowest BCUT2D eigenvalue weighted by Crippen LogP contribution is -2.07. The van der Waals surface area contributed by atoms with Crippen LogP contribution in [0.3, 0.4) is 0 Å². The van der Waals surface area contributed by atoms with Crippen LogP contribution in [-0.4, -0.2) is 50.1 Å². The molecule has 1 heterocycles. The zero-order chi connectivity index (χ0) is 13.1. The van der Waals surface area contributed by atoms with Crippen LogP contribution in [0, 0.1) is 0 Å². The summed E-state index contributed by atoms with van der Waals surface area (Å²) in [6, 6.07) is 1.79. The Hall–Kier alpha value is -1.40. The van der Waals surface area contributed by atoms with E-state index in [0.717, 1.165) is 18.8 Å². The first-order valence-electron chi connectivity index (χ1n) is 6.12. The van der Waals surface area contributed by atoms with Gasteiger partial charge < -0.3 is 19.5 Å². The fourth-order valence-corrected chi connectivity index (χ4v) is 1.28. The van der Waals surface area contributed by atoms with Crippen molar-refractivity contribution in [3.63, 3.8) is 0 Å². The van der Waals surface area contributed by atoms with Crippen LogP contribution in [0.5, 0.6) is 5.88 Å². The minimum atomic E-state index is 0.579. The number of nitrogens with zero attached hydrogens (tertiary/aromatic N) is 2. The molecule has 6 nitrogen and oxygen atoms in total. The monoisotopic (exact) mass is 255 g/mol. The Morgan fingerprint density at radius 3 is 2.83 bits per heavy atom. The third-order valence-electron chi connectivity index (χ3n) is 2.11. The highest BCUT2D eigenvalue weighted by molar-refractivity contribution is 5.36. The van der Waals surface area contributed by atoms with Crippen molar-refractivity contribution < 1.29 is 14.2 Å². The Morgan fingerprint density at radius 2 is 2.06 bits per heavy atom. The molecule has 0 bridgehead atoms. The second-order valence-electron chi connectivity index (χ2n) is 3.58. The van der Waals surface area contributed by atoms with Gasteiger partial charge in [0.15, 0.2) is 0 Å². The van der Waals surface area contributed by atoms with Gasteiger partial charge in [0, 0.05) is 32.7 Å². The summed E-state index contributed by atoms with van der Waals surface area (Å²) >= 11 is 0. The SMILES string of the molecule is CCNc1cc(OCCCOCCOC)ncn1. The third-order valence-corrected chi connectivity index (χ3v) is 2.11. The first kappa shape index (κ1) is 14.7. The van der Waals surface area contributed by atoms with Gasteiger partial charge in [0.2, 0.25) is 5.88 Å². The van der Waals surface area contributed by atoms with Gasteiger partial charge in [-0.25, -0.2) is 9.97 Å². The third kappa shape index (κ3) is 6.36. The molecule has 1 N–H and O–H groups in total. The highest BCUT2D eigenvalue weighted by Gasteiger charge is 1.98. The summed E-state index contributed by atoms with van der Waals surface area (Å²) in [4.78, 5) is 8.10. The van der Waals surface area contributed by atoms with Crippen molar-refractivity contribution in [2.24, 2.45) is 0 Å². The van der Waals surface area contributed by atoms with Crippen LogP contribution in [-0.2, 0) is 9.47 Å². The van der Waals surface area contributed by atoms with E-state index in [1.165, 1.54) is 6.33 Å². The van der Waals surface area contributed by atoms with Gasteiger partial charge in [0.05, 0.1) is 19.8 Å². The highest BCUT2D eigenvalue weighted by Crippen LogP contribution is 2.10. The van der Waals surface area contributed by atoms with Gasteiger partial charge in [-0.2, -0.15) is 0 Å². The number of anilines is 1. The van der Waals surface area contributed by atoms with Gasteiger partial charge in [0.25, 0.3) is 0 Å². The van der Waals surface area contributed by atoms with Gasteiger partial charge in [-0.15, -0.1) is 0 Å². The van der Waals surface area contributed by atoms with Gasteiger partial charge >= 0.3 is 0 Å². The van der Waals surface area contributed by atoms with Crippen LogP contribution in [0.15, 0.2) is 12.4 Å². The lowest BCUT2D eigenvalue weighted by atomic mass is 10.5. The smallest absolute Gasteiger partial charge is 0.218 e. The molecule has 1 aromatic heterocycles. The lowest BCUT2D eigenvalue weighted by Gasteiger charge is -2.07. The molecule has 0 aliphatic heterocycles. The number of hydrogen-bond acceptors (Lipinski definition) is 6. The molecular weight excluding hydrogens is 234 g/mol. The van der Waals surface area contributed by atoms with Crippen molar-refractivity contribution in [3.05, 3.63) is 12.4 Å². The van der Waals surface area contributed by atoms with Gasteiger partial charge in [-0.3, -0.25) is 0 Å². The Kier molecular flexibility index (Phi) is 7.83. The second-order valence-corrected chi connectivity index (χ2v) is 3.58. The van der Waals surface area contributed by atoms with Crippen molar-refractivity contribution in [2.75, 3.05) is 45.4 Å². The van der Waals surface area contributed by atoms with Crippen LogP contribution in [0.25, 0.3) is 0 Å². The number of rotatable bonds is 10. The molecule has 0 aliphatic rings. The normalized spacial score (nSPS) is 10.3. The number of nitrogens with one attached hydrogen (secondary N) is 1. The van der Waals surface area contributed by atoms with Gasteiger partial charge in [0.1, 0.15) is 12.1 Å². The Morgan fingerprint density at radius 1 is 1.17 bits per heavy atom. The molecule has 1 rings (SSSR count). The van der Waals surface area contributed by atoms with E-state index in [1.807, 2.05) is 6.92 Å². The van der Waals surface area contributed by atoms with E-state index in [4.69, 9.17) is 14.2 Å². The van der Waals surface area contributed by atoms with Crippen LogP contribution in [0.4, 0.5) is 5.82 Å². The van der Waals surface area contributed by atoms with Crippen LogP contribution in [0.1, 0.15) is 13.3 Å². The molecular formula is C12H21N3O3. The maximum Gasteiger partial charge on any atom is 0.218 e. The minimum Gasteiger partial charge on any atom is -0.477 e. The molecule has 0 radical (unpaired) electrons. The van der Waals surface area contributed by atoms with Crippen molar-refractivity contribution in [1.82, 2.24) is 9.97 Å². The molecule has 0 spiro atoms. The molecule has 6 heteroatoms. The average Bonchev–Trinajstić information content (AvgIpc) is 2.39. The van der Waals surface area contributed by atoms with Crippen molar-refractivity contribution >= 4 is 5.82 Å². The highest BCUT2D eigenvalue weighted by atomic mass is 16.5. The first-order valence-corrected chi connectivity index (χ1v) is 6.12. The van der Waals surface area contributed by atoms with Gasteiger partial charge in [-0.05, 0) is 6.92 Å². The standard InChI is InChI=1S/C12H21N3O3/c1-3-13-11-9-12(15-10-14-11)18-6-4-5-17-8-7-16-2/h9-10H,3-8H2,1-2H3,(H,13,14,15). The maximum absolute atomic E-state index is 5.50. The molecule has 0 fully saturated rings. The van der Waals surface area contributed by atoms with E-state index < -0.39 is 0 Å². The topological polar surface area (TPSA) is 65.5 Å². The molecule has 18 heavy (non-hydrogen) atoms. The summed E-state index contributed by atoms with van der Waals surface area (Å²) in [5, 5.41) is 3.10. The van der Waals surface area contributed by atoms with Crippen molar-refractivity contribution in [1.29, 1.82) is 0 Å². The minimum absolute atomic E-state index is 0.579. The molecule has 0 saturated heterocycles. The van der Waals surface area contributed by atoms with Crippen LogP contribution in [0.2, 0.25) is 0 Å². The van der Waals surface area contributed by atoms with Crippen molar-refractivity contribution in [2.45, 2.75) is 13.3 Å². The summed E-state index contributed by atoms with van der Waals surface area (Å²) < 4.78 is 15.7. The van der Waals surface area contributed by atoms with Crippen LogP contribution < -0.4 is 10.1 Å². The average molecular weight is 255 g/mol. The Balaban J connectivity index is 2.13. The summed E-state index contributed by atoms with van der Waals surface area (Å²) in [6.45, 7) is 5.32. The number of ether oxygens (including phenoxy) is 3. The largest absolute Gasteiger partial charge is 0.477 e. The number of hydrogen-bond donors (Lipinski definition) is 1. The summed E-state index contributed by atoms with van der Waals surface area (Å²) in [6.07, 6.45) is 2.31. The van der Waals surface area contributed by atoms with E-state index in [0.29, 0.717) is 32.3 Å². The second kappa shape index (κ2) is 9.61. The molecule has 0 atom stereocenters. The molecule has 102 valence electrons. The maximum atomic E-state index is 5.50. The summed E-state index contributed by atoms with van der Waals surface area (Å²) in [5.41, 5.74) is 0. The lowest BCUT2D eigenvalue weighted by molar-refractivity contribution is 0.0642. The fourth-order valence-electron chi connectivity index (χ4n) is 1.28. The summed E-state index contributed by atoms with van der Waals surface area (Å²) in [5.74, 6) is 1.36. The predicted molar refractivity (Wildman–Crippen MR) is 69.0 cm³/mol. The van der Waals surface area contributed by atoms with E-state index in [1.54, 1.807) is 13.2 Å². The summed E-state index contributed by atoms with van der Waals surface area (Å²) in [7, 11) is 1.66. The fraction of sp³-hybridized carbons (Fsp3) is 0.667. The van der Waals surface area contributed by atoms with E-state index in [-0.39, 0.29) is 0 Å². The number of methoxy groups -OCH3 is 1. The quantitative estimate of drug-likeness (QED) is 0.636. The van der Waals surface area contributed by atoms with E-state index in [9.17, 15) is 0 Å². The zero-order valence-electron chi connectivity index (χ0n) is 11.0. The van der Waals surface area contributed by atoms with Crippen LogP contribution >= 0.6 is 0 Å². The molecule has 0 aliphatic carbocycles. The predicted octanol–water partition coefficient (Wildman–Crippen LogP) is 1.34. The molecule has 0 aromatic carbocycles. The Bertz CT molecular complexity index is 323. The van der Waals surface area contributed by atoms with Gasteiger partial charge in [-0.1, -0.05) is 0 Å². The molecule has 0 amide bonds. The Labute approximate surface area is 108 Å². The molecule has 0 saturated carbocycles. The first-order chi connectivity index (χ1) is 8.86.